The number of aromatic carboxylic acids is 1. The van der Waals surface area contributed by atoms with Crippen LogP contribution in [0.1, 0.15) is 147 Å². The molecule has 11 aromatic rings. The van der Waals surface area contributed by atoms with Crippen LogP contribution in [-0.2, 0) is 38.9 Å². The van der Waals surface area contributed by atoms with E-state index in [2.05, 4.69) is 10.3 Å². The van der Waals surface area contributed by atoms with E-state index in [0.29, 0.717) is 82.5 Å². The maximum Gasteiger partial charge on any atom is 0.534 e. The third-order valence-electron chi connectivity index (χ3n) is 15.6. The molecule has 0 unspecified atom stereocenters. The molecule has 6 aromatic heterocycles. The first kappa shape index (κ1) is 81.2. The van der Waals surface area contributed by atoms with Gasteiger partial charge in [0, 0.05) is 102 Å². The normalized spacial score (nSPS) is 11.7. The van der Waals surface area contributed by atoms with Crippen molar-refractivity contribution in [3.63, 3.8) is 0 Å². The molecule has 12 rings (SSSR count). The van der Waals surface area contributed by atoms with Crippen LogP contribution in [0.25, 0.3) is 56.3 Å². The number of Topliss-reactive ketones (excluding diaryl/α,β-unsaturated/α-hetero) is 3. The first-order valence-electron chi connectivity index (χ1n) is 32.2. The predicted molar refractivity (Wildman–Crippen MR) is 399 cm³/mol. The van der Waals surface area contributed by atoms with E-state index in [9.17, 15) is 85.8 Å². The average molecular weight is 1570 g/mol. The Hall–Kier alpha value is -11.9. The van der Waals surface area contributed by atoms with Crippen molar-refractivity contribution in [1.29, 1.82) is 0 Å². The van der Waals surface area contributed by atoms with Crippen LogP contribution in [0.3, 0.4) is 0 Å². The van der Waals surface area contributed by atoms with Gasteiger partial charge in [0.15, 0.2) is 23.0 Å². The molecule has 1 aliphatic carbocycles. The summed E-state index contributed by atoms with van der Waals surface area (Å²) >= 11 is 3.06. The van der Waals surface area contributed by atoms with Gasteiger partial charge in [-0.2, -0.15) is 21.6 Å². The van der Waals surface area contributed by atoms with Crippen molar-refractivity contribution in [2.45, 2.75) is 98.3 Å². The van der Waals surface area contributed by atoms with Crippen LogP contribution >= 0.6 is 34.0 Å². The van der Waals surface area contributed by atoms with E-state index >= 15 is 0 Å². The number of carbonyl (C=O) groups is 6. The van der Waals surface area contributed by atoms with Crippen LogP contribution in [-0.4, -0.2) is 97.4 Å². The number of fused-ring (bicyclic) bond motifs is 3. The topological polar surface area (TPSA) is 394 Å². The number of thiophene rings is 3. The van der Waals surface area contributed by atoms with E-state index in [-0.39, 0.29) is 80.2 Å². The zero-order chi connectivity index (χ0) is 79.9. The maximum absolute atomic E-state index is 13.2. The van der Waals surface area contributed by atoms with Crippen molar-refractivity contribution in [2.24, 2.45) is 0 Å². The molecule has 26 nitrogen and oxygen atoms in total. The Kier molecular flexibility index (Phi) is 24.6. The lowest BCUT2D eigenvalue weighted by Gasteiger charge is -2.20. The number of carboxylic acids is 1. The third-order valence-corrected chi connectivity index (χ3v) is 19.5. The highest BCUT2D eigenvalue weighted by atomic mass is 32.2. The fourth-order valence-electron chi connectivity index (χ4n) is 10.5. The predicted octanol–water partition coefficient (Wildman–Crippen LogP) is 16.6. The monoisotopic (exact) mass is 1570 g/mol. The second kappa shape index (κ2) is 33.1. The Morgan fingerprint density at radius 1 is 0.550 bits per heavy atom. The lowest BCUT2D eigenvalue weighted by atomic mass is 9.80. The summed E-state index contributed by atoms with van der Waals surface area (Å²) < 4.78 is 92.9. The van der Waals surface area contributed by atoms with Crippen LogP contribution < -0.4 is 9.65 Å². The molecule has 0 fully saturated rings. The summed E-state index contributed by atoms with van der Waals surface area (Å²) in [6.45, 7) is 14.7. The number of carboxylic acid groups (broad SMARTS) is 1. The number of nitrogens with zero attached hydrogens (tertiary/aromatic N) is 3. The number of aryl methyl sites for hydroxylation is 3. The lowest BCUT2D eigenvalue weighted by molar-refractivity contribution is -0.385. The van der Waals surface area contributed by atoms with Gasteiger partial charge < -0.3 is 42.1 Å². The number of alkyl halides is 3. The smallest absolute Gasteiger partial charge is 0.478 e. The molecule has 6 heterocycles. The Bertz CT molecular complexity index is 5510. The number of nitro groups is 3. The molecule has 0 spiro atoms. The van der Waals surface area contributed by atoms with Crippen LogP contribution in [0, 0.1) is 57.2 Å². The van der Waals surface area contributed by atoms with Crippen molar-refractivity contribution in [3.8, 4) is 28.0 Å². The van der Waals surface area contributed by atoms with Crippen LogP contribution in [0.2, 0.25) is 0 Å². The van der Waals surface area contributed by atoms with Crippen molar-refractivity contribution in [3.05, 3.63) is 257 Å². The van der Waals surface area contributed by atoms with Crippen molar-refractivity contribution < 1.29 is 107 Å². The van der Waals surface area contributed by atoms with Crippen LogP contribution in [0.15, 0.2) is 157 Å². The molecule has 1 aliphatic rings. The van der Waals surface area contributed by atoms with E-state index in [0.717, 1.165) is 33.6 Å². The van der Waals surface area contributed by atoms with Gasteiger partial charge in [-0.3, -0.25) is 44.7 Å². The molecular formula is C75H62BF3N3O23S4+. The van der Waals surface area contributed by atoms with Crippen LogP contribution in [0.5, 0.6) is 5.75 Å². The van der Waals surface area contributed by atoms with Gasteiger partial charge in [-0.15, -0.1) is 34.0 Å². The van der Waals surface area contributed by atoms with Crippen molar-refractivity contribution >= 4 is 143 Å². The largest absolute Gasteiger partial charge is 0.534 e. The first-order chi connectivity index (χ1) is 51.1. The van der Waals surface area contributed by atoms with Gasteiger partial charge in [-0.25, -0.2) is 14.4 Å². The van der Waals surface area contributed by atoms with Gasteiger partial charge in [-0.1, -0.05) is 72.8 Å². The van der Waals surface area contributed by atoms with Gasteiger partial charge in [0.05, 0.1) is 38.0 Å². The highest BCUT2D eigenvalue weighted by Gasteiger charge is 2.49. The van der Waals surface area contributed by atoms with E-state index < -0.39 is 90.1 Å². The van der Waals surface area contributed by atoms with E-state index in [1.165, 1.54) is 62.4 Å². The summed E-state index contributed by atoms with van der Waals surface area (Å²) in [5, 5.41) is 66.3. The van der Waals surface area contributed by atoms with Gasteiger partial charge in [0.2, 0.25) is 23.1 Å². The number of allylic oxidation sites excluding steroid dienone is 2. The number of hydrogen-bond acceptors (Lipinski definition) is 25. The Morgan fingerprint density at radius 2 is 0.963 bits per heavy atom. The summed E-state index contributed by atoms with van der Waals surface area (Å²) in [4.78, 5) is 109. The number of rotatable bonds is 20. The van der Waals surface area contributed by atoms with Gasteiger partial charge in [0.25, 0.3) is 17.1 Å². The number of carbonyl (C=O) groups excluding carboxylic acids is 5. The Balaban J connectivity index is 0.000000174. The highest BCUT2D eigenvalue weighted by molar-refractivity contribution is 7.88. The SMILES string of the molecule is CC(C)(C)OC(=O)c1c(OS(=O)(=O)C(F)(F)F)csc1CC(=O)c1cc2c(o1)C=C[C+]=C2.Cc1ccc(-c2csc(CC(=O)c3cc4ccccc4o3)c2C(=O)O)cc1[N+](=O)[O-].Cc1ccc(-c2csc(CC(=O)c3cc4ccccc4o3)c2C(=O)OC(C)(C)C)cc1[N+](=O)[O-].Cc1ccc(B(O)O)cc1[N+](=O)[O-]. The van der Waals surface area contributed by atoms with Gasteiger partial charge in [0.1, 0.15) is 45.6 Å². The third kappa shape index (κ3) is 19.8. The molecule has 0 atom stereocenters. The second-order valence-electron chi connectivity index (χ2n) is 26.0. The maximum atomic E-state index is 13.2. The Morgan fingerprint density at radius 3 is 1.39 bits per heavy atom. The fraction of sp³-hybridized carbons (Fsp3) is 0.200. The standard InChI is InChI=1S/C26H23NO6S.C22H15NO6S.C20H16F3O7S2.C7H8BNO4/c1-15-9-10-16(11-19(15)27(30)31)18-14-34-23(24(18)25(29)33-26(2,3)4)13-20(28)22-12-17-7-5-6-8-21(17)32-22;1-12-6-7-13(8-16(12)23(27)28)15-11-30-20(21(15)22(25)26)10-17(24)19-9-14-4-2-3-5-18(14)29-19;1-19(2,3)29-18(25)17-15(30-32(26,27)20(21,22)23)10-31-16(17)9-12(24)14-8-11-6-4-5-7-13(11)28-14;1-5-2-3-6(8(10)11)4-7(5)9(12)13/h5-12,14H,13H2,1-4H3;2-9,11H,10H2,1H3,(H,25,26);5-8,10H,9H2,1-3H3;2-4,10-11H,1H3/q;;+1;. The number of ether oxygens (including phenoxy) is 2. The van der Waals surface area contributed by atoms with E-state index in [1.807, 2.05) is 30.3 Å². The van der Waals surface area contributed by atoms with Gasteiger partial charge in [-0.05, 0) is 114 Å². The molecule has 5 aromatic carbocycles. The number of benzene rings is 5. The summed E-state index contributed by atoms with van der Waals surface area (Å²) in [6.07, 6.45) is 6.94. The quantitative estimate of drug-likeness (QED) is 0.00932. The molecule has 0 radical (unpaired) electrons. The molecule has 3 N–H and O–H groups in total. The lowest BCUT2D eigenvalue weighted by Crippen LogP contribution is -2.29. The fourth-order valence-corrected chi connectivity index (χ4v) is 14.0. The number of esters is 2. The number of para-hydroxylation sites is 2. The summed E-state index contributed by atoms with van der Waals surface area (Å²) in [6, 6.07) is 32.8. The number of furan rings is 3. The molecule has 0 bridgehead atoms. The molecule has 0 aliphatic heterocycles. The summed E-state index contributed by atoms with van der Waals surface area (Å²) in [7, 11) is -7.71. The first-order valence-corrected chi connectivity index (χ1v) is 36.2. The number of halogens is 3. The van der Waals surface area contributed by atoms with Crippen LogP contribution in [0.4, 0.5) is 30.2 Å². The molecular weight excluding hydrogens is 1510 g/mol. The molecule has 109 heavy (non-hydrogen) atoms. The zero-order valence-electron chi connectivity index (χ0n) is 58.8. The number of ketones is 3. The Labute approximate surface area is 629 Å². The van der Waals surface area contributed by atoms with Crippen molar-refractivity contribution in [1.82, 2.24) is 0 Å². The summed E-state index contributed by atoms with van der Waals surface area (Å²) in [5.74, 6) is -4.23. The zero-order valence-corrected chi connectivity index (χ0v) is 62.1. The second-order valence-corrected chi connectivity index (χ2v) is 30.4. The van der Waals surface area contributed by atoms with E-state index in [4.69, 9.17) is 32.8 Å². The number of hydrogen-bond donors (Lipinski definition) is 3. The van der Waals surface area contributed by atoms with Crippen molar-refractivity contribution in [2.75, 3.05) is 0 Å². The molecule has 0 saturated heterocycles. The van der Waals surface area contributed by atoms with E-state index in [1.54, 1.807) is 125 Å². The highest BCUT2D eigenvalue weighted by Crippen LogP contribution is 2.41. The molecule has 34 heteroatoms. The minimum atomic E-state index is -6.04. The molecule has 0 amide bonds. The number of nitro benzene ring substituents is 3. The molecule has 0 saturated carbocycles. The summed E-state index contributed by atoms with van der Waals surface area (Å²) in [5.41, 5.74) is -2.92. The molecule has 562 valence electrons. The minimum Gasteiger partial charge on any atom is -0.478 e. The average Bonchev–Trinajstić information content (AvgIpc) is 1.68. The van der Waals surface area contributed by atoms with Gasteiger partial charge >= 0.3 is 40.7 Å². The minimum absolute atomic E-state index is 0.0254.